The molecule has 0 bridgehead atoms. The second kappa shape index (κ2) is 11.4. The molecule has 5 aromatic rings. The van der Waals surface area contributed by atoms with E-state index in [2.05, 4.69) is 10.3 Å². The first kappa shape index (κ1) is 25.4. The van der Waals surface area contributed by atoms with Crippen LogP contribution in [0.5, 0.6) is 11.5 Å². The molecule has 0 aliphatic carbocycles. The van der Waals surface area contributed by atoms with Crippen molar-refractivity contribution in [1.29, 1.82) is 0 Å². The van der Waals surface area contributed by atoms with E-state index >= 15 is 0 Å². The number of anilines is 1. The summed E-state index contributed by atoms with van der Waals surface area (Å²) < 4.78 is 10.8. The van der Waals surface area contributed by atoms with Gasteiger partial charge in [0.25, 0.3) is 0 Å². The number of hydrogen-bond donors (Lipinski definition) is 1. The number of nitrogens with one attached hydrogen (secondary N) is 1. The number of nitrogens with zero attached hydrogens (tertiary/aromatic N) is 2. The Hall–Kier alpha value is -4.29. The molecule has 0 atom stereocenters. The van der Waals surface area contributed by atoms with Gasteiger partial charge in [0, 0.05) is 22.9 Å². The number of para-hydroxylation sites is 1. The molecule has 1 N–H and O–H groups in total. The van der Waals surface area contributed by atoms with Crippen molar-refractivity contribution < 1.29 is 14.3 Å². The van der Waals surface area contributed by atoms with E-state index in [0.717, 1.165) is 38.5 Å². The lowest BCUT2D eigenvalue weighted by molar-refractivity contribution is 0.210. The molecule has 6 nitrogen and oxygen atoms in total. The highest BCUT2D eigenvalue weighted by molar-refractivity contribution is 6.30. The number of ether oxygens (including phenoxy) is 2. The summed E-state index contributed by atoms with van der Waals surface area (Å²) in [4.78, 5) is 20.0. The van der Waals surface area contributed by atoms with E-state index in [1.807, 2.05) is 91.0 Å². The van der Waals surface area contributed by atoms with Crippen molar-refractivity contribution in [2.24, 2.45) is 0 Å². The zero-order valence-corrected chi connectivity index (χ0v) is 22.0. The number of aromatic nitrogens is 1. The van der Waals surface area contributed by atoms with Crippen LogP contribution in [0.3, 0.4) is 0 Å². The predicted molar refractivity (Wildman–Crippen MR) is 153 cm³/mol. The first-order chi connectivity index (χ1) is 18.6. The fourth-order valence-electron chi connectivity index (χ4n) is 4.53. The minimum Gasteiger partial charge on any atom is -0.493 e. The van der Waals surface area contributed by atoms with E-state index in [9.17, 15) is 4.79 Å². The van der Waals surface area contributed by atoms with Gasteiger partial charge in [0.15, 0.2) is 11.5 Å². The topological polar surface area (TPSA) is 63.7 Å². The molecule has 5 rings (SSSR count). The SMILES string of the molecule is COc1ccc(CCN(Cc2cc3ccccc3nc2Cl)C(=O)Nc2cccc3ccccc23)cc1OC. The zero-order valence-electron chi connectivity index (χ0n) is 21.3. The van der Waals surface area contributed by atoms with Crippen molar-refractivity contribution >= 4 is 45.0 Å². The second-order valence-electron chi connectivity index (χ2n) is 8.95. The van der Waals surface area contributed by atoms with E-state index in [4.69, 9.17) is 21.1 Å². The van der Waals surface area contributed by atoms with Gasteiger partial charge in [0.1, 0.15) is 5.15 Å². The summed E-state index contributed by atoms with van der Waals surface area (Å²) in [6.07, 6.45) is 0.613. The average molecular weight is 526 g/mol. The van der Waals surface area contributed by atoms with Gasteiger partial charge in [-0.3, -0.25) is 0 Å². The third-order valence-electron chi connectivity index (χ3n) is 6.55. The predicted octanol–water partition coefficient (Wildman–Crippen LogP) is 7.34. The van der Waals surface area contributed by atoms with Gasteiger partial charge in [-0.1, -0.05) is 72.3 Å². The number of rotatable bonds is 8. The lowest BCUT2D eigenvalue weighted by atomic mass is 10.1. The molecule has 0 spiro atoms. The molecule has 4 aromatic carbocycles. The highest BCUT2D eigenvalue weighted by Gasteiger charge is 2.18. The van der Waals surface area contributed by atoms with Crippen LogP contribution in [-0.4, -0.2) is 36.7 Å². The largest absolute Gasteiger partial charge is 0.493 e. The first-order valence-corrected chi connectivity index (χ1v) is 12.7. The van der Waals surface area contributed by atoms with Gasteiger partial charge in [-0.25, -0.2) is 9.78 Å². The Morgan fingerprint density at radius 2 is 1.61 bits per heavy atom. The number of pyridine rings is 1. The Morgan fingerprint density at radius 3 is 2.42 bits per heavy atom. The third kappa shape index (κ3) is 5.50. The maximum Gasteiger partial charge on any atom is 0.322 e. The minimum atomic E-state index is -0.217. The minimum absolute atomic E-state index is 0.217. The van der Waals surface area contributed by atoms with Gasteiger partial charge in [0.05, 0.1) is 32.0 Å². The van der Waals surface area contributed by atoms with Crippen LogP contribution in [0.15, 0.2) is 91.0 Å². The van der Waals surface area contributed by atoms with Crippen molar-refractivity contribution in [3.8, 4) is 11.5 Å². The Labute approximate surface area is 226 Å². The van der Waals surface area contributed by atoms with Crippen molar-refractivity contribution in [3.05, 3.63) is 107 Å². The van der Waals surface area contributed by atoms with Crippen LogP contribution in [0.1, 0.15) is 11.1 Å². The summed E-state index contributed by atoms with van der Waals surface area (Å²) in [7, 11) is 3.22. The molecule has 1 aromatic heterocycles. The van der Waals surface area contributed by atoms with Gasteiger partial charge in [-0.15, -0.1) is 0 Å². The number of carbonyl (C=O) groups is 1. The fourth-order valence-corrected chi connectivity index (χ4v) is 4.74. The molecule has 0 unspecified atom stereocenters. The monoisotopic (exact) mass is 525 g/mol. The summed E-state index contributed by atoms with van der Waals surface area (Å²) in [5.74, 6) is 1.31. The van der Waals surface area contributed by atoms with Gasteiger partial charge >= 0.3 is 6.03 Å². The fraction of sp³-hybridized carbons (Fsp3) is 0.161. The van der Waals surface area contributed by atoms with Crippen molar-refractivity contribution in [2.75, 3.05) is 26.1 Å². The van der Waals surface area contributed by atoms with E-state index in [-0.39, 0.29) is 6.03 Å². The number of halogens is 1. The summed E-state index contributed by atoms with van der Waals surface area (Å²) >= 11 is 6.58. The maximum atomic E-state index is 13.7. The summed E-state index contributed by atoms with van der Waals surface area (Å²) in [6.45, 7) is 0.760. The van der Waals surface area contributed by atoms with Gasteiger partial charge in [0.2, 0.25) is 0 Å². The van der Waals surface area contributed by atoms with E-state index < -0.39 is 0 Å². The lowest BCUT2D eigenvalue weighted by Crippen LogP contribution is -2.36. The van der Waals surface area contributed by atoms with E-state index in [1.165, 1.54) is 0 Å². The highest BCUT2D eigenvalue weighted by Crippen LogP contribution is 2.29. The normalized spacial score (nSPS) is 10.9. The molecule has 7 heteroatoms. The molecule has 0 radical (unpaired) electrons. The number of benzene rings is 4. The van der Waals surface area contributed by atoms with Crippen molar-refractivity contribution in [2.45, 2.75) is 13.0 Å². The van der Waals surface area contributed by atoms with Gasteiger partial charge in [-0.2, -0.15) is 0 Å². The molecule has 0 aliphatic rings. The summed E-state index contributed by atoms with van der Waals surface area (Å²) in [5, 5.41) is 6.52. The van der Waals surface area contributed by atoms with Gasteiger partial charge in [-0.05, 0) is 47.7 Å². The third-order valence-corrected chi connectivity index (χ3v) is 6.88. The van der Waals surface area contributed by atoms with Crippen LogP contribution in [0, 0.1) is 0 Å². The summed E-state index contributed by atoms with van der Waals surface area (Å²) in [5.41, 5.74) is 3.38. The van der Waals surface area contributed by atoms with E-state index in [0.29, 0.717) is 36.2 Å². The standard InChI is InChI=1S/C31H28ClN3O3/c1-37-28-15-14-21(18-29(28)38-2)16-17-35(20-24-19-23-9-4-6-12-26(23)33-30(24)32)31(36)34-27-13-7-10-22-8-3-5-11-25(22)27/h3-15,18-19H,16-17,20H2,1-2H3,(H,34,36). The first-order valence-electron chi connectivity index (χ1n) is 12.3. The number of methoxy groups -OCH3 is 2. The Morgan fingerprint density at radius 1 is 0.868 bits per heavy atom. The molecular weight excluding hydrogens is 498 g/mol. The lowest BCUT2D eigenvalue weighted by Gasteiger charge is -2.24. The molecule has 0 saturated carbocycles. The molecular formula is C31H28ClN3O3. The highest BCUT2D eigenvalue weighted by atomic mass is 35.5. The quantitative estimate of drug-likeness (QED) is 0.215. The van der Waals surface area contributed by atoms with Crippen molar-refractivity contribution in [3.63, 3.8) is 0 Å². The van der Waals surface area contributed by atoms with Crippen LogP contribution < -0.4 is 14.8 Å². The second-order valence-corrected chi connectivity index (χ2v) is 9.31. The summed E-state index contributed by atoms with van der Waals surface area (Å²) in [6, 6.07) is 29.2. The van der Waals surface area contributed by atoms with Crippen LogP contribution in [0.25, 0.3) is 21.7 Å². The number of hydrogen-bond acceptors (Lipinski definition) is 4. The van der Waals surface area contributed by atoms with Crippen molar-refractivity contribution in [1.82, 2.24) is 9.88 Å². The number of amides is 2. The smallest absolute Gasteiger partial charge is 0.322 e. The molecule has 38 heavy (non-hydrogen) atoms. The molecule has 2 amide bonds. The Balaban J connectivity index is 1.44. The van der Waals surface area contributed by atoms with Crippen LogP contribution in [-0.2, 0) is 13.0 Å². The Kier molecular flexibility index (Phi) is 7.61. The molecule has 192 valence electrons. The number of carbonyl (C=O) groups excluding carboxylic acids is 1. The number of fused-ring (bicyclic) bond motifs is 2. The number of urea groups is 1. The zero-order chi connectivity index (χ0) is 26.5. The molecule has 0 saturated heterocycles. The molecule has 1 heterocycles. The Bertz CT molecular complexity index is 1600. The molecule has 0 aliphatic heterocycles. The average Bonchev–Trinajstić information content (AvgIpc) is 2.95. The van der Waals surface area contributed by atoms with Crippen LogP contribution >= 0.6 is 11.6 Å². The van der Waals surface area contributed by atoms with Crippen LogP contribution in [0.4, 0.5) is 10.5 Å². The van der Waals surface area contributed by atoms with E-state index in [1.54, 1.807) is 19.1 Å². The molecule has 0 fully saturated rings. The van der Waals surface area contributed by atoms with Gasteiger partial charge < -0.3 is 19.7 Å². The maximum absolute atomic E-state index is 13.7. The van der Waals surface area contributed by atoms with Crippen LogP contribution in [0.2, 0.25) is 5.15 Å².